The lowest BCUT2D eigenvalue weighted by molar-refractivity contribution is -0.130. The van der Waals surface area contributed by atoms with Crippen LogP contribution in [0.5, 0.6) is 0 Å². The molecule has 0 bridgehead atoms. The van der Waals surface area contributed by atoms with Crippen molar-refractivity contribution in [3.05, 3.63) is 29.8 Å². The minimum Gasteiger partial charge on any atom is -0.449 e. The number of esters is 1. The molecule has 0 saturated heterocycles. The first-order valence-corrected chi connectivity index (χ1v) is 9.39. The van der Waals surface area contributed by atoms with E-state index in [9.17, 15) is 9.59 Å². The highest BCUT2D eigenvalue weighted by molar-refractivity contribution is 7.98. The summed E-state index contributed by atoms with van der Waals surface area (Å²) in [7, 11) is 0. The topological polar surface area (TPSA) is 55.4 Å². The zero-order valence-electron chi connectivity index (χ0n) is 14.0. The fourth-order valence-corrected chi connectivity index (χ4v) is 3.25. The number of nitrogens with one attached hydrogen (secondary N) is 1. The molecule has 1 aliphatic carbocycles. The van der Waals surface area contributed by atoms with Crippen molar-refractivity contribution in [2.45, 2.75) is 56.6 Å². The van der Waals surface area contributed by atoms with Crippen LogP contribution in [-0.2, 0) is 9.53 Å². The molecule has 3 atom stereocenters. The summed E-state index contributed by atoms with van der Waals surface area (Å²) in [6, 6.07) is 7.38. The Bertz CT molecular complexity index is 544. The van der Waals surface area contributed by atoms with Crippen LogP contribution in [0.2, 0.25) is 0 Å². The van der Waals surface area contributed by atoms with E-state index >= 15 is 0 Å². The third kappa shape index (κ3) is 4.99. The molecule has 0 aromatic heterocycles. The lowest BCUT2D eigenvalue weighted by atomic mass is 9.86. The maximum Gasteiger partial charge on any atom is 0.338 e. The van der Waals surface area contributed by atoms with Crippen molar-refractivity contribution in [2.75, 3.05) is 6.26 Å². The van der Waals surface area contributed by atoms with Crippen LogP contribution in [0.1, 0.15) is 49.9 Å². The van der Waals surface area contributed by atoms with Gasteiger partial charge in [0.1, 0.15) is 0 Å². The predicted octanol–water partition coefficient (Wildman–Crippen LogP) is 3.65. The van der Waals surface area contributed by atoms with E-state index in [1.165, 1.54) is 6.42 Å². The molecule has 2 rings (SSSR count). The minimum atomic E-state index is -0.781. The molecule has 1 amide bonds. The number of carbonyl (C=O) groups is 2. The van der Waals surface area contributed by atoms with Crippen LogP contribution < -0.4 is 5.32 Å². The largest absolute Gasteiger partial charge is 0.449 e. The molecule has 0 unspecified atom stereocenters. The number of hydrogen-bond donors (Lipinski definition) is 1. The fraction of sp³-hybridized carbons (Fsp3) is 0.556. The van der Waals surface area contributed by atoms with Gasteiger partial charge in [-0.25, -0.2) is 4.79 Å². The number of benzene rings is 1. The average Bonchev–Trinajstić information content (AvgIpc) is 2.56. The fourth-order valence-electron chi connectivity index (χ4n) is 2.84. The lowest BCUT2D eigenvalue weighted by Crippen LogP contribution is -2.45. The second-order valence-corrected chi connectivity index (χ2v) is 7.03. The molecule has 5 heteroatoms. The Morgan fingerprint density at radius 2 is 1.87 bits per heavy atom. The van der Waals surface area contributed by atoms with Gasteiger partial charge in [0.05, 0.1) is 5.56 Å². The zero-order valence-corrected chi connectivity index (χ0v) is 14.8. The Labute approximate surface area is 142 Å². The summed E-state index contributed by atoms with van der Waals surface area (Å²) in [6.07, 6.45) is 5.71. The van der Waals surface area contributed by atoms with E-state index in [1.807, 2.05) is 18.4 Å². The zero-order chi connectivity index (χ0) is 16.8. The normalized spacial score (nSPS) is 22.2. The summed E-state index contributed by atoms with van der Waals surface area (Å²) in [5.74, 6) is -0.190. The van der Waals surface area contributed by atoms with E-state index in [1.54, 1.807) is 30.8 Å². The van der Waals surface area contributed by atoms with Crippen LogP contribution in [0.3, 0.4) is 0 Å². The Kier molecular flexibility index (Phi) is 6.51. The maximum atomic E-state index is 12.2. The van der Waals surface area contributed by atoms with Crippen LogP contribution in [-0.4, -0.2) is 30.3 Å². The highest BCUT2D eigenvalue weighted by atomic mass is 32.2. The van der Waals surface area contributed by atoms with Gasteiger partial charge < -0.3 is 10.1 Å². The van der Waals surface area contributed by atoms with E-state index in [-0.39, 0.29) is 11.9 Å². The van der Waals surface area contributed by atoms with Crippen LogP contribution in [0.25, 0.3) is 0 Å². The van der Waals surface area contributed by atoms with Gasteiger partial charge in [0, 0.05) is 10.9 Å². The molecule has 1 aromatic carbocycles. The van der Waals surface area contributed by atoms with Crippen molar-refractivity contribution >= 4 is 23.6 Å². The van der Waals surface area contributed by atoms with Gasteiger partial charge in [-0.05, 0) is 56.2 Å². The molecule has 0 aliphatic heterocycles. The molecule has 126 valence electrons. The number of ether oxygens (including phenoxy) is 1. The van der Waals surface area contributed by atoms with Crippen molar-refractivity contribution in [3.63, 3.8) is 0 Å². The molecule has 0 radical (unpaired) electrons. The van der Waals surface area contributed by atoms with Crippen molar-refractivity contribution in [2.24, 2.45) is 5.92 Å². The van der Waals surface area contributed by atoms with E-state index in [2.05, 4.69) is 12.2 Å². The highest BCUT2D eigenvalue weighted by Gasteiger charge is 2.26. The first kappa shape index (κ1) is 17.9. The third-order valence-corrected chi connectivity index (χ3v) is 5.16. The van der Waals surface area contributed by atoms with Crippen molar-refractivity contribution in [1.29, 1.82) is 0 Å². The molecule has 4 nitrogen and oxygen atoms in total. The highest BCUT2D eigenvalue weighted by Crippen LogP contribution is 2.24. The summed E-state index contributed by atoms with van der Waals surface area (Å²) < 4.78 is 5.29. The van der Waals surface area contributed by atoms with Gasteiger partial charge in [-0.2, -0.15) is 0 Å². The number of amides is 1. The quantitative estimate of drug-likeness (QED) is 0.659. The Morgan fingerprint density at radius 3 is 2.48 bits per heavy atom. The number of rotatable bonds is 5. The Hall–Kier alpha value is -1.49. The van der Waals surface area contributed by atoms with Crippen LogP contribution in [0.4, 0.5) is 0 Å². The minimum absolute atomic E-state index is 0.193. The van der Waals surface area contributed by atoms with E-state index in [0.29, 0.717) is 11.5 Å². The number of thioether (sulfide) groups is 1. The molecule has 1 aliphatic rings. The van der Waals surface area contributed by atoms with Crippen LogP contribution in [0.15, 0.2) is 29.2 Å². The third-order valence-electron chi connectivity index (χ3n) is 4.42. The monoisotopic (exact) mass is 335 g/mol. The molecule has 23 heavy (non-hydrogen) atoms. The second-order valence-electron chi connectivity index (χ2n) is 6.15. The van der Waals surface area contributed by atoms with E-state index < -0.39 is 12.1 Å². The molecule has 1 aromatic rings. The van der Waals surface area contributed by atoms with Gasteiger partial charge in [0.2, 0.25) is 0 Å². The summed E-state index contributed by atoms with van der Waals surface area (Å²) >= 11 is 1.61. The first-order chi connectivity index (χ1) is 11.0. The summed E-state index contributed by atoms with van der Waals surface area (Å²) in [5, 5.41) is 3.02. The van der Waals surface area contributed by atoms with Crippen LogP contribution >= 0.6 is 11.8 Å². The molecular weight excluding hydrogens is 310 g/mol. The average molecular weight is 335 g/mol. The molecule has 1 saturated carbocycles. The Morgan fingerprint density at radius 1 is 1.22 bits per heavy atom. The molecular formula is C18H25NO3S. The molecule has 1 fully saturated rings. The predicted molar refractivity (Wildman–Crippen MR) is 92.7 cm³/mol. The molecule has 0 heterocycles. The van der Waals surface area contributed by atoms with E-state index in [4.69, 9.17) is 4.74 Å². The van der Waals surface area contributed by atoms with Crippen molar-refractivity contribution < 1.29 is 14.3 Å². The SMILES string of the molecule is CSc1ccc(C(=O)O[C@H](C)C(=O)N[C@H]2CCCC[C@@H]2C)cc1. The first-order valence-electron chi connectivity index (χ1n) is 8.16. The molecule has 1 N–H and O–H groups in total. The van der Waals surface area contributed by atoms with Gasteiger partial charge in [0.15, 0.2) is 6.10 Å². The van der Waals surface area contributed by atoms with Gasteiger partial charge in [-0.3, -0.25) is 4.79 Å². The molecule has 0 spiro atoms. The van der Waals surface area contributed by atoms with Gasteiger partial charge >= 0.3 is 5.97 Å². The summed E-state index contributed by atoms with van der Waals surface area (Å²) in [5.41, 5.74) is 0.466. The summed E-state index contributed by atoms with van der Waals surface area (Å²) in [6.45, 7) is 3.78. The van der Waals surface area contributed by atoms with Crippen LogP contribution in [0, 0.1) is 5.92 Å². The maximum absolute atomic E-state index is 12.2. The van der Waals surface area contributed by atoms with Gasteiger partial charge in [0.25, 0.3) is 5.91 Å². The lowest BCUT2D eigenvalue weighted by Gasteiger charge is -2.30. The number of carbonyl (C=O) groups excluding carboxylic acids is 2. The van der Waals surface area contributed by atoms with Crippen molar-refractivity contribution in [1.82, 2.24) is 5.32 Å². The summed E-state index contributed by atoms with van der Waals surface area (Å²) in [4.78, 5) is 25.4. The van der Waals surface area contributed by atoms with E-state index in [0.717, 1.165) is 24.2 Å². The van der Waals surface area contributed by atoms with Gasteiger partial charge in [-0.15, -0.1) is 11.8 Å². The standard InChI is InChI=1S/C18H25NO3S/c1-12-6-4-5-7-16(12)19-17(20)13(2)22-18(21)14-8-10-15(23-3)11-9-14/h8-13,16H,4-7H2,1-3H3,(H,19,20)/t12-,13+,16-/m0/s1. The van der Waals surface area contributed by atoms with Crippen molar-refractivity contribution in [3.8, 4) is 0 Å². The second kappa shape index (κ2) is 8.39. The smallest absolute Gasteiger partial charge is 0.338 e. The number of hydrogen-bond acceptors (Lipinski definition) is 4. The van der Waals surface area contributed by atoms with Gasteiger partial charge in [-0.1, -0.05) is 19.8 Å². The Balaban J connectivity index is 1.87.